The van der Waals surface area contributed by atoms with E-state index in [9.17, 15) is 4.79 Å². The number of fused-ring (bicyclic) bond motifs is 1. The minimum absolute atomic E-state index is 0.0763. The van der Waals surface area contributed by atoms with Crippen molar-refractivity contribution >= 4 is 33.1 Å². The molecular formula is C14H14N4OS. The van der Waals surface area contributed by atoms with Gasteiger partial charge in [0.15, 0.2) is 0 Å². The van der Waals surface area contributed by atoms with Crippen LogP contribution >= 0.6 is 11.3 Å². The maximum atomic E-state index is 11.1. The van der Waals surface area contributed by atoms with E-state index in [2.05, 4.69) is 15.4 Å². The highest BCUT2D eigenvalue weighted by molar-refractivity contribution is 7.20. The lowest BCUT2D eigenvalue weighted by molar-refractivity contribution is -0.114. The summed E-state index contributed by atoms with van der Waals surface area (Å²) in [6.07, 6.45) is 0. The van der Waals surface area contributed by atoms with Gasteiger partial charge in [-0.25, -0.2) is 9.67 Å². The van der Waals surface area contributed by atoms with Crippen molar-refractivity contribution in [3.8, 4) is 5.13 Å². The number of benzene rings is 1. The summed E-state index contributed by atoms with van der Waals surface area (Å²) >= 11 is 1.56. The number of carbonyl (C=O) groups is 1. The second-order valence-corrected chi connectivity index (χ2v) is 5.71. The topological polar surface area (TPSA) is 59.8 Å². The molecule has 20 heavy (non-hydrogen) atoms. The van der Waals surface area contributed by atoms with Gasteiger partial charge >= 0.3 is 0 Å². The van der Waals surface area contributed by atoms with E-state index in [-0.39, 0.29) is 5.91 Å². The molecule has 3 rings (SSSR count). The monoisotopic (exact) mass is 286 g/mol. The van der Waals surface area contributed by atoms with Crippen molar-refractivity contribution in [2.45, 2.75) is 20.8 Å². The average Bonchev–Trinajstić information content (AvgIpc) is 2.90. The fourth-order valence-electron chi connectivity index (χ4n) is 2.11. The van der Waals surface area contributed by atoms with Gasteiger partial charge in [0.25, 0.3) is 0 Å². The van der Waals surface area contributed by atoms with Crippen LogP contribution in [0.3, 0.4) is 0 Å². The molecule has 3 aromatic rings. The Labute approximate surface area is 120 Å². The molecule has 0 aliphatic carbocycles. The van der Waals surface area contributed by atoms with Crippen molar-refractivity contribution in [1.82, 2.24) is 14.8 Å². The number of carbonyl (C=O) groups excluding carboxylic acids is 1. The largest absolute Gasteiger partial charge is 0.326 e. The molecule has 0 spiro atoms. The second-order valence-electron chi connectivity index (χ2n) is 4.70. The van der Waals surface area contributed by atoms with Crippen LogP contribution in [0.2, 0.25) is 0 Å². The van der Waals surface area contributed by atoms with Crippen molar-refractivity contribution in [3.63, 3.8) is 0 Å². The predicted octanol–water partition coefficient (Wildman–Crippen LogP) is 3.06. The summed E-state index contributed by atoms with van der Waals surface area (Å²) in [4.78, 5) is 15.7. The summed E-state index contributed by atoms with van der Waals surface area (Å²) in [5.41, 5.74) is 3.73. The van der Waals surface area contributed by atoms with Gasteiger partial charge in [0.05, 0.1) is 15.9 Å². The van der Waals surface area contributed by atoms with Crippen LogP contribution in [0.15, 0.2) is 24.3 Å². The second kappa shape index (κ2) is 4.72. The molecule has 0 aliphatic rings. The van der Waals surface area contributed by atoms with Crippen LogP contribution in [-0.2, 0) is 4.79 Å². The first-order valence-electron chi connectivity index (χ1n) is 6.25. The lowest BCUT2D eigenvalue weighted by Gasteiger charge is -1.99. The summed E-state index contributed by atoms with van der Waals surface area (Å²) in [6, 6.07) is 7.72. The minimum Gasteiger partial charge on any atom is -0.326 e. The van der Waals surface area contributed by atoms with Crippen LogP contribution in [0.1, 0.15) is 18.3 Å². The molecule has 0 radical (unpaired) electrons. The Bertz CT molecular complexity index is 803. The van der Waals surface area contributed by atoms with E-state index in [1.54, 1.807) is 11.3 Å². The lowest BCUT2D eigenvalue weighted by atomic mass is 10.3. The summed E-state index contributed by atoms with van der Waals surface area (Å²) in [6.45, 7) is 5.47. The number of aromatic nitrogens is 3. The zero-order chi connectivity index (χ0) is 14.3. The van der Waals surface area contributed by atoms with Gasteiger partial charge in [-0.3, -0.25) is 4.79 Å². The summed E-state index contributed by atoms with van der Waals surface area (Å²) in [5, 5.41) is 8.06. The molecule has 102 valence electrons. The van der Waals surface area contributed by atoms with E-state index in [4.69, 9.17) is 0 Å². The number of anilines is 1. The first-order chi connectivity index (χ1) is 9.52. The standard InChI is InChI=1S/C14H14N4OS/c1-8-6-9(2)18(17-8)14-16-12-5-4-11(15-10(3)19)7-13(12)20-14/h4-7H,1-3H3,(H,15,19). The van der Waals surface area contributed by atoms with Gasteiger partial charge in [0.2, 0.25) is 11.0 Å². The van der Waals surface area contributed by atoms with Gasteiger partial charge < -0.3 is 5.32 Å². The Hall–Kier alpha value is -2.21. The molecule has 0 saturated carbocycles. The molecule has 1 aromatic carbocycles. The first-order valence-corrected chi connectivity index (χ1v) is 7.06. The van der Waals surface area contributed by atoms with Gasteiger partial charge in [0, 0.05) is 18.3 Å². The highest BCUT2D eigenvalue weighted by atomic mass is 32.1. The van der Waals surface area contributed by atoms with Crippen LogP contribution < -0.4 is 5.32 Å². The zero-order valence-corrected chi connectivity index (χ0v) is 12.3. The molecule has 6 heteroatoms. The van der Waals surface area contributed by atoms with Crippen molar-refractivity contribution in [2.24, 2.45) is 0 Å². The number of aryl methyl sites for hydroxylation is 2. The highest BCUT2D eigenvalue weighted by Gasteiger charge is 2.10. The summed E-state index contributed by atoms with van der Waals surface area (Å²) in [7, 11) is 0. The van der Waals surface area contributed by atoms with Gasteiger partial charge in [-0.15, -0.1) is 0 Å². The van der Waals surface area contributed by atoms with E-state index in [0.29, 0.717) is 0 Å². The SMILES string of the molecule is CC(=O)Nc1ccc2nc(-n3nc(C)cc3C)sc2c1. The summed E-state index contributed by atoms with van der Waals surface area (Å²) in [5.74, 6) is -0.0763. The molecule has 2 heterocycles. The fraction of sp³-hybridized carbons (Fsp3) is 0.214. The zero-order valence-electron chi connectivity index (χ0n) is 11.5. The number of amides is 1. The Morgan fingerprint density at radius 3 is 2.75 bits per heavy atom. The molecule has 0 fully saturated rings. The Morgan fingerprint density at radius 1 is 1.30 bits per heavy atom. The molecular weight excluding hydrogens is 272 g/mol. The van der Waals surface area contributed by atoms with Crippen LogP contribution in [-0.4, -0.2) is 20.7 Å². The van der Waals surface area contributed by atoms with E-state index in [1.165, 1.54) is 6.92 Å². The van der Waals surface area contributed by atoms with Gasteiger partial charge in [-0.05, 0) is 38.1 Å². The summed E-state index contributed by atoms with van der Waals surface area (Å²) < 4.78 is 2.87. The number of thiazole rings is 1. The molecule has 5 nitrogen and oxygen atoms in total. The van der Waals surface area contributed by atoms with Crippen LogP contribution in [0.25, 0.3) is 15.3 Å². The van der Waals surface area contributed by atoms with Crippen molar-refractivity contribution in [1.29, 1.82) is 0 Å². The molecule has 0 unspecified atom stereocenters. The quantitative estimate of drug-likeness (QED) is 0.787. The van der Waals surface area contributed by atoms with E-state index >= 15 is 0 Å². The molecule has 0 aliphatic heterocycles. The van der Waals surface area contributed by atoms with E-state index < -0.39 is 0 Å². The van der Waals surface area contributed by atoms with E-state index in [0.717, 1.165) is 32.4 Å². The molecule has 0 saturated heterocycles. The molecule has 1 amide bonds. The third-order valence-electron chi connectivity index (χ3n) is 2.89. The number of hydrogen-bond acceptors (Lipinski definition) is 4. The van der Waals surface area contributed by atoms with Crippen molar-refractivity contribution in [3.05, 3.63) is 35.7 Å². The Kier molecular flexibility index (Phi) is 3.02. The number of rotatable bonds is 2. The normalized spacial score (nSPS) is 10.9. The number of nitrogens with zero attached hydrogens (tertiary/aromatic N) is 3. The molecule has 0 bridgehead atoms. The van der Waals surface area contributed by atoms with E-state index in [1.807, 2.05) is 42.8 Å². The van der Waals surface area contributed by atoms with Crippen LogP contribution in [0, 0.1) is 13.8 Å². The smallest absolute Gasteiger partial charge is 0.221 e. The minimum atomic E-state index is -0.0763. The predicted molar refractivity (Wildman–Crippen MR) is 80.5 cm³/mol. The Morgan fingerprint density at radius 2 is 2.10 bits per heavy atom. The third-order valence-corrected chi connectivity index (χ3v) is 3.88. The maximum Gasteiger partial charge on any atom is 0.221 e. The third kappa shape index (κ3) is 2.30. The fourth-order valence-corrected chi connectivity index (χ4v) is 3.12. The highest BCUT2D eigenvalue weighted by Crippen LogP contribution is 2.28. The van der Waals surface area contributed by atoms with Crippen LogP contribution in [0.4, 0.5) is 5.69 Å². The maximum absolute atomic E-state index is 11.1. The molecule has 0 atom stereocenters. The number of nitrogens with one attached hydrogen (secondary N) is 1. The van der Waals surface area contributed by atoms with Gasteiger partial charge in [0.1, 0.15) is 0 Å². The van der Waals surface area contributed by atoms with Crippen LogP contribution in [0.5, 0.6) is 0 Å². The lowest BCUT2D eigenvalue weighted by Crippen LogP contribution is -2.05. The Balaban J connectivity index is 2.06. The molecule has 2 aromatic heterocycles. The van der Waals surface area contributed by atoms with Crippen molar-refractivity contribution in [2.75, 3.05) is 5.32 Å². The van der Waals surface area contributed by atoms with Crippen molar-refractivity contribution < 1.29 is 4.79 Å². The molecule has 1 N–H and O–H groups in total. The van der Waals surface area contributed by atoms with Gasteiger partial charge in [-0.1, -0.05) is 11.3 Å². The number of hydrogen-bond donors (Lipinski definition) is 1. The van der Waals surface area contributed by atoms with Gasteiger partial charge in [-0.2, -0.15) is 5.10 Å². The average molecular weight is 286 g/mol. The first kappa shape index (κ1) is 12.8.